The quantitative estimate of drug-likeness (QED) is 0.459. The Morgan fingerprint density at radius 2 is 1.67 bits per heavy atom. The van der Waals surface area contributed by atoms with Crippen LogP contribution in [0, 0.1) is 0 Å². The van der Waals surface area contributed by atoms with Gasteiger partial charge in [-0.3, -0.25) is 9.89 Å². The Bertz CT molecular complexity index is 251. The molecular formula is C14H31N4+. The van der Waals surface area contributed by atoms with Crippen molar-refractivity contribution in [3.8, 4) is 0 Å². The van der Waals surface area contributed by atoms with E-state index in [9.17, 15) is 0 Å². The van der Waals surface area contributed by atoms with Crippen molar-refractivity contribution < 1.29 is 4.58 Å². The van der Waals surface area contributed by atoms with Crippen molar-refractivity contribution in [2.45, 2.75) is 47.0 Å². The highest BCUT2D eigenvalue weighted by atomic mass is 15.7. The molecule has 1 heterocycles. The van der Waals surface area contributed by atoms with E-state index < -0.39 is 0 Å². The second kappa shape index (κ2) is 8.35. The number of hydrogen-bond acceptors (Lipinski definition) is 1. The largest absolute Gasteiger partial charge is 0.365 e. The summed E-state index contributed by atoms with van der Waals surface area (Å²) in [5, 5.41) is 8.51. The molecule has 0 aromatic heterocycles. The Labute approximate surface area is 113 Å². The Balaban J connectivity index is 2.88. The summed E-state index contributed by atoms with van der Waals surface area (Å²) in [4.78, 5) is 0. The zero-order chi connectivity index (χ0) is 13.4. The lowest BCUT2D eigenvalue weighted by molar-refractivity contribution is -0.529. The smallest absolute Gasteiger partial charge is 0.277 e. The van der Waals surface area contributed by atoms with Crippen molar-refractivity contribution in [2.75, 3.05) is 39.3 Å². The van der Waals surface area contributed by atoms with Gasteiger partial charge in [0, 0.05) is 13.1 Å². The molecule has 0 radical (unpaired) electrons. The lowest BCUT2D eigenvalue weighted by Crippen LogP contribution is -2.56. The average Bonchev–Trinajstić information content (AvgIpc) is 2.42. The van der Waals surface area contributed by atoms with E-state index in [4.69, 9.17) is 0 Å². The van der Waals surface area contributed by atoms with Crippen LogP contribution in [0.25, 0.3) is 0 Å². The molecule has 1 saturated heterocycles. The maximum atomic E-state index is 3.56. The molecule has 0 bridgehead atoms. The molecule has 0 aromatic carbocycles. The topological polar surface area (TPSA) is 21.5 Å². The molecule has 0 atom stereocenters. The molecule has 4 nitrogen and oxygen atoms in total. The summed E-state index contributed by atoms with van der Waals surface area (Å²) in [5.74, 6) is 1.28. The summed E-state index contributed by atoms with van der Waals surface area (Å²) in [6.45, 7) is 15.4. The first-order valence-corrected chi connectivity index (χ1v) is 7.66. The maximum Gasteiger partial charge on any atom is 0.365 e. The highest BCUT2D eigenvalue weighted by Gasteiger charge is 2.27. The third-order valence-electron chi connectivity index (χ3n) is 3.62. The van der Waals surface area contributed by atoms with Crippen molar-refractivity contribution in [1.82, 2.24) is 15.3 Å². The summed E-state index contributed by atoms with van der Waals surface area (Å²) in [6.07, 6.45) is 4.04. The lowest BCUT2D eigenvalue weighted by Gasteiger charge is -2.34. The van der Waals surface area contributed by atoms with Crippen molar-refractivity contribution in [3.63, 3.8) is 0 Å². The van der Waals surface area contributed by atoms with Crippen LogP contribution in [0.15, 0.2) is 0 Å². The van der Waals surface area contributed by atoms with Crippen LogP contribution in [0.5, 0.6) is 0 Å². The summed E-state index contributed by atoms with van der Waals surface area (Å²) in [7, 11) is 0. The molecule has 1 aliphatic rings. The van der Waals surface area contributed by atoms with Crippen LogP contribution in [0.1, 0.15) is 47.0 Å². The van der Waals surface area contributed by atoms with E-state index in [1.165, 1.54) is 38.3 Å². The first-order valence-electron chi connectivity index (χ1n) is 7.66. The summed E-state index contributed by atoms with van der Waals surface area (Å²) in [6, 6.07) is 0. The Morgan fingerprint density at radius 3 is 2.11 bits per heavy atom. The normalized spacial score (nSPS) is 16.4. The van der Waals surface area contributed by atoms with Crippen LogP contribution >= 0.6 is 0 Å². The fourth-order valence-corrected chi connectivity index (χ4v) is 2.65. The summed E-state index contributed by atoms with van der Waals surface area (Å²) >= 11 is 0. The fourth-order valence-electron chi connectivity index (χ4n) is 2.65. The van der Waals surface area contributed by atoms with E-state index >= 15 is 0 Å². The van der Waals surface area contributed by atoms with Crippen LogP contribution < -0.4 is 5.32 Å². The monoisotopic (exact) mass is 255 g/mol. The van der Waals surface area contributed by atoms with Crippen LogP contribution in [0.3, 0.4) is 0 Å². The number of rotatable bonds is 5. The minimum Gasteiger partial charge on any atom is -0.277 e. The van der Waals surface area contributed by atoms with Gasteiger partial charge in [0.05, 0.1) is 26.2 Å². The highest BCUT2D eigenvalue weighted by molar-refractivity contribution is 5.74. The van der Waals surface area contributed by atoms with Gasteiger partial charge in [-0.05, 0) is 40.5 Å². The molecule has 106 valence electrons. The van der Waals surface area contributed by atoms with Gasteiger partial charge in [0.1, 0.15) is 0 Å². The van der Waals surface area contributed by atoms with Crippen molar-refractivity contribution >= 4 is 5.96 Å². The van der Waals surface area contributed by atoms with Gasteiger partial charge in [-0.15, -0.1) is 0 Å². The zero-order valence-electron chi connectivity index (χ0n) is 12.7. The number of hydrogen-bond donors (Lipinski definition) is 1. The standard InChI is InChI=1S/C14H30N4/c1-5-15-14(16(6-2)7-3)18(8-4)17-12-10-9-11-13-17/h5-13H2,1-4H3/p+1. The minimum atomic E-state index is 0.982. The van der Waals surface area contributed by atoms with Gasteiger partial charge in [0.25, 0.3) is 0 Å². The van der Waals surface area contributed by atoms with Gasteiger partial charge in [-0.25, -0.2) is 0 Å². The number of nitrogens with zero attached hydrogens (tertiary/aromatic N) is 3. The Morgan fingerprint density at radius 1 is 1.06 bits per heavy atom. The molecule has 0 aliphatic carbocycles. The van der Waals surface area contributed by atoms with E-state index in [1.807, 2.05) is 0 Å². The number of hydrazine groups is 1. The SMILES string of the molecule is CCNC(N(CC)N1CCCCC1)=[N+](CC)CC. The van der Waals surface area contributed by atoms with E-state index in [-0.39, 0.29) is 0 Å². The average molecular weight is 255 g/mol. The predicted molar refractivity (Wildman–Crippen MR) is 77.8 cm³/mol. The molecule has 0 spiro atoms. The summed E-state index contributed by atoms with van der Waals surface area (Å²) in [5.41, 5.74) is 0. The van der Waals surface area contributed by atoms with Gasteiger partial charge in [-0.2, -0.15) is 10.0 Å². The molecule has 1 N–H and O–H groups in total. The molecular weight excluding hydrogens is 224 g/mol. The van der Waals surface area contributed by atoms with E-state index in [0.717, 1.165) is 26.2 Å². The molecule has 4 heteroatoms. The minimum absolute atomic E-state index is 0.982. The zero-order valence-corrected chi connectivity index (χ0v) is 12.7. The molecule has 1 aliphatic heterocycles. The first-order chi connectivity index (χ1) is 8.78. The summed E-state index contributed by atoms with van der Waals surface area (Å²) < 4.78 is 2.42. The molecule has 0 amide bonds. The van der Waals surface area contributed by atoms with Gasteiger partial charge < -0.3 is 0 Å². The van der Waals surface area contributed by atoms with Crippen LogP contribution in [-0.4, -0.2) is 59.8 Å². The van der Waals surface area contributed by atoms with Crippen LogP contribution in [-0.2, 0) is 0 Å². The Hall–Kier alpha value is -0.770. The second-order valence-electron chi connectivity index (χ2n) is 4.76. The molecule has 18 heavy (non-hydrogen) atoms. The lowest BCUT2D eigenvalue weighted by atomic mass is 10.2. The Kier molecular flexibility index (Phi) is 7.09. The van der Waals surface area contributed by atoms with E-state index in [0.29, 0.717) is 0 Å². The second-order valence-corrected chi connectivity index (χ2v) is 4.76. The molecule has 1 fully saturated rings. The van der Waals surface area contributed by atoms with Crippen molar-refractivity contribution in [1.29, 1.82) is 0 Å². The highest BCUT2D eigenvalue weighted by Crippen LogP contribution is 2.11. The third-order valence-corrected chi connectivity index (χ3v) is 3.62. The molecule has 0 aromatic rings. The number of nitrogens with one attached hydrogen (secondary N) is 1. The molecule has 1 rings (SSSR count). The fraction of sp³-hybridized carbons (Fsp3) is 0.929. The maximum absolute atomic E-state index is 3.56. The van der Waals surface area contributed by atoms with E-state index in [1.54, 1.807) is 0 Å². The third kappa shape index (κ3) is 3.87. The van der Waals surface area contributed by atoms with Crippen LogP contribution in [0.4, 0.5) is 0 Å². The van der Waals surface area contributed by atoms with Gasteiger partial charge in [-0.1, -0.05) is 6.42 Å². The van der Waals surface area contributed by atoms with Crippen molar-refractivity contribution in [3.05, 3.63) is 0 Å². The van der Waals surface area contributed by atoms with E-state index in [2.05, 4.69) is 47.6 Å². The van der Waals surface area contributed by atoms with Crippen molar-refractivity contribution in [2.24, 2.45) is 0 Å². The molecule has 0 unspecified atom stereocenters. The van der Waals surface area contributed by atoms with Crippen LogP contribution in [0.2, 0.25) is 0 Å². The molecule has 0 saturated carbocycles. The first kappa shape index (κ1) is 15.3. The predicted octanol–water partition coefficient (Wildman–Crippen LogP) is 1.73. The number of guanidine groups is 1. The van der Waals surface area contributed by atoms with Gasteiger partial charge >= 0.3 is 5.96 Å². The van der Waals surface area contributed by atoms with Gasteiger partial charge in [0.15, 0.2) is 0 Å². The number of piperidine rings is 1. The van der Waals surface area contributed by atoms with Gasteiger partial charge in [0.2, 0.25) is 0 Å².